The number of hydrogen-bond acceptors (Lipinski definition) is 4. The molecule has 0 saturated heterocycles. The van der Waals surface area contributed by atoms with Crippen molar-refractivity contribution in [3.8, 4) is 11.5 Å². The van der Waals surface area contributed by atoms with Crippen LogP contribution in [0.15, 0.2) is 48.5 Å². The number of methoxy groups -OCH3 is 1. The highest BCUT2D eigenvalue weighted by molar-refractivity contribution is 5.88. The van der Waals surface area contributed by atoms with E-state index in [1.54, 1.807) is 49.4 Å². The van der Waals surface area contributed by atoms with Crippen LogP contribution in [0.1, 0.15) is 26.3 Å². The Hall–Kier alpha value is -3.09. The third-order valence-corrected chi connectivity index (χ3v) is 4.32. The molecule has 156 valence electrons. The smallest absolute Gasteiger partial charge is 0.261 e. The van der Waals surface area contributed by atoms with Crippen molar-refractivity contribution in [2.24, 2.45) is 0 Å². The fourth-order valence-corrected chi connectivity index (χ4v) is 2.76. The molecule has 0 aliphatic rings. The minimum Gasteiger partial charge on any atom is -0.493 e. The van der Waals surface area contributed by atoms with Crippen LogP contribution in [0.5, 0.6) is 11.5 Å². The van der Waals surface area contributed by atoms with Crippen molar-refractivity contribution in [3.05, 3.63) is 59.9 Å². The molecule has 2 aromatic rings. The Labute approximate surface area is 170 Å². The summed E-state index contributed by atoms with van der Waals surface area (Å²) in [5.41, 5.74) is 0.322. The second-order valence-electron chi connectivity index (χ2n) is 6.89. The first kappa shape index (κ1) is 22.2. The monoisotopic (exact) mass is 402 g/mol. The number of ether oxygens (including phenoxy) is 2. The van der Waals surface area contributed by atoms with Crippen molar-refractivity contribution in [2.75, 3.05) is 13.7 Å². The second-order valence-corrected chi connectivity index (χ2v) is 6.89. The maximum absolute atomic E-state index is 14.2. The number of carbonyl (C=O) groups excluding carboxylic acids is 2. The molecule has 6 nitrogen and oxygen atoms in total. The number of rotatable bonds is 9. The van der Waals surface area contributed by atoms with Gasteiger partial charge in [0.05, 0.1) is 7.11 Å². The molecule has 0 bridgehead atoms. The minimum absolute atomic E-state index is 0.0481. The van der Waals surface area contributed by atoms with Crippen LogP contribution in [-0.2, 0) is 16.1 Å². The number of halogens is 1. The average Bonchev–Trinajstić information content (AvgIpc) is 2.70. The van der Waals surface area contributed by atoms with Crippen LogP contribution in [0.4, 0.5) is 4.39 Å². The number of nitrogens with one attached hydrogen (secondary N) is 1. The van der Waals surface area contributed by atoms with E-state index in [1.165, 1.54) is 18.1 Å². The third kappa shape index (κ3) is 6.20. The van der Waals surface area contributed by atoms with Crippen LogP contribution in [0.25, 0.3) is 0 Å². The summed E-state index contributed by atoms with van der Waals surface area (Å²) in [6.07, 6.45) is 0. The first-order chi connectivity index (χ1) is 13.8. The molecule has 0 fully saturated rings. The van der Waals surface area contributed by atoms with Gasteiger partial charge in [0.2, 0.25) is 5.91 Å². The Morgan fingerprint density at radius 1 is 1.03 bits per heavy atom. The van der Waals surface area contributed by atoms with Gasteiger partial charge in [-0.2, -0.15) is 0 Å². The van der Waals surface area contributed by atoms with Gasteiger partial charge in [0.15, 0.2) is 18.1 Å². The number of carbonyl (C=O) groups is 2. The molecule has 0 aliphatic carbocycles. The van der Waals surface area contributed by atoms with E-state index in [1.807, 2.05) is 13.8 Å². The SMILES string of the molecule is COc1ccccc1OCC(=O)N(Cc1ccccc1F)C(C)C(=O)NC(C)C. The zero-order chi connectivity index (χ0) is 21.4. The van der Waals surface area contributed by atoms with E-state index in [0.29, 0.717) is 17.1 Å². The number of nitrogens with zero attached hydrogens (tertiary/aromatic N) is 1. The Morgan fingerprint density at radius 2 is 1.66 bits per heavy atom. The van der Waals surface area contributed by atoms with Gasteiger partial charge in [-0.25, -0.2) is 4.39 Å². The van der Waals surface area contributed by atoms with Gasteiger partial charge in [-0.3, -0.25) is 9.59 Å². The van der Waals surface area contributed by atoms with Crippen molar-refractivity contribution in [3.63, 3.8) is 0 Å². The van der Waals surface area contributed by atoms with Crippen molar-refractivity contribution in [2.45, 2.75) is 39.4 Å². The van der Waals surface area contributed by atoms with Gasteiger partial charge in [0.1, 0.15) is 11.9 Å². The van der Waals surface area contributed by atoms with E-state index in [4.69, 9.17) is 9.47 Å². The zero-order valence-corrected chi connectivity index (χ0v) is 17.1. The lowest BCUT2D eigenvalue weighted by molar-refractivity contribution is -0.142. The van der Waals surface area contributed by atoms with Crippen molar-refractivity contribution in [1.29, 1.82) is 0 Å². The number of amides is 2. The molecule has 1 unspecified atom stereocenters. The quantitative estimate of drug-likeness (QED) is 0.700. The van der Waals surface area contributed by atoms with Gasteiger partial charge in [-0.1, -0.05) is 30.3 Å². The summed E-state index contributed by atoms with van der Waals surface area (Å²) in [6, 6.07) is 12.2. The first-order valence-corrected chi connectivity index (χ1v) is 9.42. The Morgan fingerprint density at radius 3 is 2.28 bits per heavy atom. The summed E-state index contributed by atoms with van der Waals surface area (Å²) in [6.45, 7) is 4.91. The lowest BCUT2D eigenvalue weighted by Crippen LogP contribution is -2.50. The van der Waals surface area contributed by atoms with Gasteiger partial charge in [-0.05, 0) is 39.0 Å². The normalized spacial score (nSPS) is 11.7. The molecule has 2 rings (SSSR count). The highest BCUT2D eigenvalue weighted by Gasteiger charge is 2.27. The van der Waals surface area contributed by atoms with Gasteiger partial charge >= 0.3 is 0 Å². The van der Waals surface area contributed by atoms with Crippen molar-refractivity contribution >= 4 is 11.8 Å². The van der Waals surface area contributed by atoms with Crippen LogP contribution in [0.3, 0.4) is 0 Å². The van der Waals surface area contributed by atoms with E-state index in [9.17, 15) is 14.0 Å². The Balaban J connectivity index is 2.19. The van der Waals surface area contributed by atoms with Gasteiger partial charge in [-0.15, -0.1) is 0 Å². The average molecular weight is 402 g/mol. The molecule has 2 aromatic carbocycles. The van der Waals surface area contributed by atoms with Crippen molar-refractivity contribution in [1.82, 2.24) is 10.2 Å². The fourth-order valence-electron chi connectivity index (χ4n) is 2.76. The molecule has 0 heterocycles. The Bertz CT molecular complexity index is 841. The molecule has 0 saturated carbocycles. The predicted molar refractivity (Wildman–Crippen MR) is 108 cm³/mol. The lowest BCUT2D eigenvalue weighted by Gasteiger charge is -2.29. The van der Waals surface area contributed by atoms with Gasteiger partial charge in [0, 0.05) is 18.2 Å². The number of para-hydroxylation sites is 2. The molecule has 2 amide bonds. The third-order valence-electron chi connectivity index (χ3n) is 4.32. The fraction of sp³-hybridized carbons (Fsp3) is 0.364. The summed E-state index contributed by atoms with van der Waals surface area (Å²) in [5.74, 6) is -0.292. The maximum atomic E-state index is 14.2. The minimum atomic E-state index is -0.800. The maximum Gasteiger partial charge on any atom is 0.261 e. The molecule has 0 aliphatic heterocycles. The molecule has 0 aromatic heterocycles. The van der Waals surface area contributed by atoms with Crippen molar-refractivity contribution < 1.29 is 23.5 Å². The molecule has 1 atom stereocenters. The largest absolute Gasteiger partial charge is 0.493 e. The zero-order valence-electron chi connectivity index (χ0n) is 17.1. The summed E-state index contributed by atoms with van der Waals surface area (Å²) in [4.78, 5) is 26.7. The summed E-state index contributed by atoms with van der Waals surface area (Å²) in [7, 11) is 1.51. The lowest BCUT2D eigenvalue weighted by atomic mass is 10.1. The first-order valence-electron chi connectivity index (χ1n) is 9.42. The number of benzene rings is 2. The van der Waals surface area contributed by atoms with Gasteiger partial charge < -0.3 is 19.7 Å². The topological polar surface area (TPSA) is 67.9 Å². The Kier molecular flexibility index (Phi) is 8.00. The van der Waals surface area contributed by atoms with E-state index in [-0.39, 0.29) is 25.1 Å². The van der Waals surface area contributed by atoms with E-state index < -0.39 is 17.8 Å². The van der Waals surface area contributed by atoms with Crippen LogP contribution >= 0.6 is 0 Å². The highest BCUT2D eigenvalue weighted by Crippen LogP contribution is 2.26. The summed E-state index contributed by atoms with van der Waals surface area (Å²) >= 11 is 0. The summed E-state index contributed by atoms with van der Waals surface area (Å²) < 4.78 is 25.0. The molecule has 29 heavy (non-hydrogen) atoms. The van der Waals surface area contributed by atoms with Crippen LogP contribution in [0.2, 0.25) is 0 Å². The standard InChI is InChI=1S/C22H27FN2O4/c1-15(2)24-22(27)16(3)25(13-17-9-5-6-10-18(17)23)21(26)14-29-20-12-8-7-11-19(20)28-4/h5-12,15-16H,13-14H2,1-4H3,(H,24,27). The number of hydrogen-bond donors (Lipinski definition) is 1. The van der Waals surface area contributed by atoms with E-state index in [0.717, 1.165) is 0 Å². The molecule has 0 radical (unpaired) electrons. The molecular weight excluding hydrogens is 375 g/mol. The van der Waals surface area contributed by atoms with E-state index >= 15 is 0 Å². The summed E-state index contributed by atoms with van der Waals surface area (Å²) in [5, 5.41) is 2.78. The molecular formula is C22H27FN2O4. The van der Waals surface area contributed by atoms with Crippen LogP contribution < -0.4 is 14.8 Å². The van der Waals surface area contributed by atoms with E-state index in [2.05, 4.69) is 5.32 Å². The predicted octanol–water partition coefficient (Wildman–Crippen LogP) is 3.16. The van der Waals surface area contributed by atoms with Crippen LogP contribution in [0, 0.1) is 5.82 Å². The molecule has 0 spiro atoms. The van der Waals surface area contributed by atoms with Crippen LogP contribution in [-0.4, -0.2) is 42.5 Å². The second kappa shape index (κ2) is 10.5. The molecule has 1 N–H and O–H groups in total. The highest BCUT2D eigenvalue weighted by atomic mass is 19.1. The molecule has 7 heteroatoms. The van der Waals surface area contributed by atoms with Gasteiger partial charge in [0.25, 0.3) is 5.91 Å².